The normalized spacial score (nSPS) is 11.4. The minimum absolute atomic E-state index is 0.0869. The summed E-state index contributed by atoms with van der Waals surface area (Å²) in [5.74, 6) is 3.75. The van der Waals surface area contributed by atoms with Crippen molar-refractivity contribution in [3.8, 4) is 0 Å². The van der Waals surface area contributed by atoms with Crippen molar-refractivity contribution < 1.29 is 19.6 Å². The van der Waals surface area contributed by atoms with E-state index in [4.69, 9.17) is 39.0 Å². The first-order valence-corrected chi connectivity index (χ1v) is 9.25. The SMILES string of the molecule is CC(=NOCC=Cc1ccccc1Cl)C(=O)O.NOCC=Cc1ccccc1Cl. The average Bonchev–Trinajstić information content (AvgIpc) is 2.71. The van der Waals surface area contributed by atoms with Gasteiger partial charge in [-0.3, -0.25) is 0 Å². The summed E-state index contributed by atoms with van der Waals surface area (Å²) >= 11 is 11.8. The predicted molar refractivity (Wildman–Crippen MR) is 118 cm³/mol. The lowest BCUT2D eigenvalue weighted by molar-refractivity contribution is -0.129. The van der Waals surface area contributed by atoms with Crippen molar-refractivity contribution in [2.24, 2.45) is 11.1 Å². The van der Waals surface area contributed by atoms with Crippen LogP contribution in [0.2, 0.25) is 10.0 Å². The van der Waals surface area contributed by atoms with E-state index in [2.05, 4.69) is 9.99 Å². The maximum absolute atomic E-state index is 10.4. The molecule has 0 aliphatic carbocycles. The van der Waals surface area contributed by atoms with Crippen LogP contribution in [0.3, 0.4) is 0 Å². The minimum Gasteiger partial charge on any atom is -0.477 e. The van der Waals surface area contributed by atoms with Gasteiger partial charge in [-0.15, -0.1) is 0 Å². The molecule has 2 aromatic carbocycles. The van der Waals surface area contributed by atoms with Crippen LogP contribution >= 0.6 is 23.2 Å². The van der Waals surface area contributed by atoms with Crippen LogP contribution < -0.4 is 5.90 Å². The number of hydrogen-bond donors (Lipinski definition) is 2. The summed E-state index contributed by atoms with van der Waals surface area (Å²) < 4.78 is 0. The second-order valence-corrected chi connectivity index (χ2v) is 6.27. The maximum atomic E-state index is 10.4. The van der Waals surface area contributed by atoms with Gasteiger partial charge in [-0.25, -0.2) is 10.7 Å². The molecular formula is C21H22Cl2N2O4. The molecule has 0 amide bonds. The molecular weight excluding hydrogens is 415 g/mol. The second kappa shape index (κ2) is 14.4. The minimum atomic E-state index is -1.10. The summed E-state index contributed by atoms with van der Waals surface area (Å²) in [4.78, 5) is 19.6. The van der Waals surface area contributed by atoms with Crippen LogP contribution in [0.1, 0.15) is 18.1 Å². The van der Waals surface area contributed by atoms with Gasteiger partial charge in [-0.1, -0.05) is 83.0 Å². The monoisotopic (exact) mass is 436 g/mol. The van der Waals surface area contributed by atoms with Gasteiger partial charge in [0.1, 0.15) is 6.61 Å². The Kier molecular flexibility index (Phi) is 12.1. The Balaban J connectivity index is 0.000000308. The summed E-state index contributed by atoms with van der Waals surface area (Å²) in [5.41, 5.74) is 1.75. The summed E-state index contributed by atoms with van der Waals surface area (Å²) in [6.07, 6.45) is 7.17. The fourth-order valence-electron chi connectivity index (χ4n) is 1.84. The van der Waals surface area contributed by atoms with Crippen LogP contribution in [0.25, 0.3) is 12.2 Å². The number of benzene rings is 2. The first-order valence-electron chi connectivity index (χ1n) is 8.49. The Labute approximate surface area is 179 Å². The standard InChI is InChI=1S/C12H12ClNO3.C9H10ClNO/c1-9(12(15)16)14-17-8-4-6-10-5-2-3-7-11(10)13;10-9-6-2-1-4-8(9)5-3-7-12-11/h2-7H,8H2,1H3,(H,15,16);1-6H,7,11H2. The van der Waals surface area contributed by atoms with Crippen molar-refractivity contribution in [1.29, 1.82) is 0 Å². The molecule has 0 aromatic heterocycles. The van der Waals surface area contributed by atoms with E-state index in [1.54, 1.807) is 24.3 Å². The molecule has 0 saturated heterocycles. The third-order valence-electron chi connectivity index (χ3n) is 3.28. The smallest absolute Gasteiger partial charge is 0.353 e. The van der Waals surface area contributed by atoms with Crippen LogP contribution in [0.4, 0.5) is 0 Å². The molecule has 0 bridgehead atoms. The molecule has 154 valence electrons. The van der Waals surface area contributed by atoms with E-state index in [1.807, 2.05) is 48.5 Å². The molecule has 2 aromatic rings. The Hall–Kier alpha value is -2.64. The zero-order valence-corrected chi connectivity index (χ0v) is 17.3. The number of nitrogens with zero attached hydrogens (tertiary/aromatic N) is 1. The summed E-state index contributed by atoms with van der Waals surface area (Å²) in [6, 6.07) is 14.9. The molecule has 0 fully saturated rings. The number of carbonyl (C=O) groups is 1. The number of nitrogens with two attached hydrogens (primary N) is 1. The van der Waals surface area contributed by atoms with Gasteiger partial charge in [-0.2, -0.15) is 0 Å². The van der Waals surface area contributed by atoms with Crippen LogP contribution in [-0.4, -0.2) is 30.0 Å². The topological polar surface area (TPSA) is 94.1 Å². The van der Waals surface area contributed by atoms with Gasteiger partial charge in [0, 0.05) is 10.0 Å². The van der Waals surface area contributed by atoms with E-state index in [-0.39, 0.29) is 12.3 Å². The van der Waals surface area contributed by atoms with Crippen molar-refractivity contribution in [3.05, 3.63) is 81.9 Å². The fourth-order valence-corrected chi connectivity index (χ4v) is 2.24. The van der Waals surface area contributed by atoms with Crippen molar-refractivity contribution in [2.75, 3.05) is 13.2 Å². The first-order chi connectivity index (χ1) is 14.0. The molecule has 8 heteroatoms. The Morgan fingerprint density at radius 1 is 1.00 bits per heavy atom. The largest absolute Gasteiger partial charge is 0.477 e. The molecule has 29 heavy (non-hydrogen) atoms. The van der Waals surface area contributed by atoms with Crippen molar-refractivity contribution in [3.63, 3.8) is 0 Å². The van der Waals surface area contributed by atoms with Crippen molar-refractivity contribution >= 4 is 47.0 Å². The first kappa shape index (κ1) is 24.4. The number of oxime groups is 1. The number of halogens is 2. The number of carboxylic acids is 1. The summed E-state index contributed by atoms with van der Waals surface area (Å²) in [6.45, 7) is 1.95. The highest BCUT2D eigenvalue weighted by Gasteiger charge is 2.00. The third kappa shape index (κ3) is 10.5. The molecule has 6 nitrogen and oxygen atoms in total. The molecule has 0 spiro atoms. The number of carboxylic acid groups (broad SMARTS) is 1. The Morgan fingerprint density at radius 3 is 1.93 bits per heavy atom. The molecule has 0 radical (unpaired) electrons. The Bertz CT molecular complexity index is 867. The summed E-state index contributed by atoms with van der Waals surface area (Å²) in [5, 5.41) is 13.3. The highest BCUT2D eigenvalue weighted by Crippen LogP contribution is 2.16. The van der Waals surface area contributed by atoms with Crippen molar-refractivity contribution in [1.82, 2.24) is 0 Å². The lowest BCUT2D eigenvalue weighted by atomic mass is 10.2. The number of aliphatic carboxylic acids is 1. The lowest BCUT2D eigenvalue weighted by Crippen LogP contribution is -2.08. The van der Waals surface area contributed by atoms with E-state index in [0.29, 0.717) is 11.6 Å². The second-order valence-electron chi connectivity index (χ2n) is 5.46. The zero-order chi connectivity index (χ0) is 21.5. The van der Waals surface area contributed by atoms with Gasteiger partial charge in [0.15, 0.2) is 5.71 Å². The fraction of sp³-hybridized carbons (Fsp3) is 0.143. The zero-order valence-electron chi connectivity index (χ0n) is 15.8. The molecule has 3 N–H and O–H groups in total. The van der Waals surface area contributed by atoms with Gasteiger partial charge >= 0.3 is 5.97 Å². The van der Waals surface area contributed by atoms with E-state index >= 15 is 0 Å². The predicted octanol–water partition coefficient (Wildman–Crippen LogP) is 5.07. The van der Waals surface area contributed by atoms with E-state index in [0.717, 1.165) is 16.1 Å². The molecule has 2 rings (SSSR count). The number of rotatable bonds is 8. The van der Waals surface area contributed by atoms with Crippen molar-refractivity contribution in [2.45, 2.75) is 6.92 Å². The highest BCUT2D eigenvalue weighted by atomic mass is 35.5. The third-order valence-corrected chi connectivity index (χ3v) is 3.97. The maximum Gasteiger partial charge on any atom is 0.353 e. The lowest BCUT2D eigenvalue weighted by Gasteiger charge is -1.97. The molecule has 0 atom stereocenters. The molecule has 0 saturated carbocycles. The summed E-state index contributed by atoms with van der Waals surface area (Å²) in [7, 11) is 0. The van der Waals surface area contributed by atoms with E-state index < -0.39 is 5.97 Å². The van der Waals surface area contributed by atoms with E-state index in [9.17, 15) is 4.79 Å². The molecule has 0 aliphatic rings. The molecule has 0 heterocycles. The van der Waals surface area contributed by atoms with Crippen LogP contribution in [0.15, 0.2) is 65.8 Å². The average molecular weight is 437 g/mol. The van der Waals surface area contributed by atoms with Gasteiger partial charge in [0.05, 0.1) is 6.61 Å². The van der Waals surface area contributed by atoms with Gasteiger partial charge in [0.2, 0.25) is 0 Å². The van der Waals surface area contributed by atoms with Gasteiger partial charge in [-0.05, 0) is 36.3 Å². The van der Waals surface area contributed by atoms with Crippen LogP contribution in [0.5, 0.6) is 0 Å². The number of hydrogen-bond acceptors (Lipinski definition) is 5. The highest BCUT2D eigenvalue weighted by molar-refractivity contribution is 6.34. The molecule has 0 aliphatic heterocycles. The Morgan fingerprint density at radius 2 is 1.48 bits per heavy atom. The van der Waals surface area contributed by atoms with Gasteiger partial charge < -0.3 is 14.8 Å². The van der Waals surface area contributed by atoms with Crippen LogP contribution in [-0.2, 0) is 14.5 Å². The quantitative estimate of drug-likeness (QED) is 0.342. The molecule has 0 unspecified atom stereocenters. The van der Waals surface area contributed by atoms with Crippen LogP contribution in [0, 0.1) is 0 Å². The van der Waals surface area contributed by atoms with E-state index in [1.165, 1.54) is 6.92 Å². The van der Waals surface area contributed by atoms with Gasteiger partial charge in [0.25, 0.3) is 0 Å².